The van der Waals surface area contributed by atoms with Gasteiger partial charge in [-0.05, 0) is 23.7 Å². The lowest BCUT2D eigenvalue weighted by Crippen LogP contribution is -2.67. The van der Waals surface area contributed by atoms with Crippen LogP contribution in [0.25, 0.3) is 0 Å². The SMILES string of the molecule is CC1(C)CC(=O)[C@H]2[C@@H](C1)C(C#N)(C#N)C2(C)C.CC1(C)CC(=O)[C@H]2[C@@H](C1)C(C#N)(C#N)C2(C)C. The Morgan fingerprint density at radius 3 is 1.09 bits per heavy atom. The molecular formula is C28H36N4O2. The zero-order valence-corrected chi connectivity index (χ0v) is 21.7. The zero-order chi connectivity index (χ0) is 26.1. The Morgan fingerprint density at radius 1 is 0.588 bits per heavy atom. The van der Waals surface area contributed by atoms with Gasteiger partial charge in [0, 0.05) is 47.3 Å². The van der Waals surface area contributed by atoms with Gasteiger partial charge in [0.25, 0.3) is 0 Å². The van der Waals surface area contributed by atoms with Crippen LogP contribution in [0.5, 0.6) is 0 Å². The summed E-state index contributed by atoms with van der Waals surface area (Å²) in [6.45, 7) is 15.7. The van der Waals surface area contributed by atoms with E-state index in [0.717, 1.165) is 12.8 Å². The van der Waals surface area contributed by atoms with E-state index in [-0.39, 0.29) is 46.1 Å². The third-order valence-electron chi connectivity index (χ3n) is 9.75. The second-order valence-corrected chi connectivity index (χ2v) is 13.7. The predicted molar refractivity (Wildman–Crippen MR) is 125 cm³/mol. The number of rotatable bonds is 0. The van der Waals surface area contributed by atoms with Crippen molar-refractivity contribution in [3.05, 3.63) is 0 Å². The van der Waals surface area contributed by atoms with E-state index in [9.17, 15) is 30.6 Å². The normalized spacial score (nSPS) is 36.0. The maximum atomic E-state index is 12.2. The van der Waals surface area contributed by atoms with Gasteiger partial charge in [0.1, 0.15) is 11.6 Å². The highest BCUT2D eigenvalue weighted by Crippen LogP contribution is 2.70. The Balaban J connectivity index is 0.000000191. The Hall–Kier alpha value is -2.70. The predicted octanol–water partition coefficient (Wildman–Crippen LogP) is 5.36. The van der Waals surface area contributed by atoms with Gasteiger partial charge >= 0.3 is 0 Å². The molecule has 180 valence electrons. The summed E-state index contributed by atoms with van der Waals surface area (Å²) >= 11 is 0. The highest BCUT2D eigenvalue weighted by molar-refractivity contribution is 5.86. The Labute approximate surface area is 203 Å². The van der Waals surface area contributed by atoms with E-state index in [1.54, 1.807) is 0 Å². The van der Waals surface area contributed by atoms with Gasteiger partial charge in [0.05, 0.1) is 24.3 Å². The topological polar surface area (TPSA) is 129 Å². The molecule has 0 aromatic carbocycles. The second-order valence-electron chi connectivity index (χ2n) is 13.7. The number of fused-ring (bicyclic) bond motifs is 2. The average Bonchev–Trinajstić information content (AvgIpc) is 2.67. The quantitative estimate of drug-likeness (QED) is 0.478. The molecule has 0 N–H and O–H groups in total. The first kappa shape index (κ1) is 25.9. The van der Waals surface area contributed by atoms with Crippen molar-refractivity contribution >= 4 is 11.6 Å². The van der Waals surface area contributed by atoms with Gasteiger partial charge in [-0.25, -0.2) is 0 Å². The largest absolute Gasteiger partial charge is 0.299 e. The minimum absolute atomic E-state index is 0.0757. The van der Waals surface area contributed by atoms with E-state index < -0.39 is 21.7 Å². The lowest BCUT2D eigenvalue weighted by molar-refractivity contribution is -0.177. The highest BCUT2D eigenvalue weighted by Gasteiger charge is 2.73. The smallest absolute Gasteiger partial charge is 0.153 e. The van der Waals surface area contributed by atoms with Gasteiger partial charge < -0.3 is 0 Å². The van der Waals surface area contributed by atoms with Crippen LogP contribution in [0, 0.1) is 101 Å². The lowest BCUT2D eigenvalue weighted by Gasteiger charge is -2.63. The fourth-order valence-corrected chi connectivity index (χ4v) is 8.01. The van der Waals surface area contributed by atoms with Crippen molar-refractivity contribution in [2.24, 2.45) is 56.2 Å². The van der Waals surface area contributed by atoms with E-state index in [0.29, 0.717) is 12.8 Å². The van der Waals surface area contributed by atoms with Crippen LogP contribution in [0.3, 0.4) is 0 Å². The van der Waals surface area contributed by atoms with Crippen molar-refractivity contribution in [2.45, 2.75) is 81.1 Å². The minimum atomic E-state index is -0.981. The third kappa shape index (κ3) is 3.08. The summed E-state index contributed by atoms with van der Waals surface area (Å²) in [6, 6.07) is 8.80. The standard InChI is InChI=1S/2C14H18N2O/c2*1-12(2)5-9-11(10(17)6-12)13(3,4)14(9,7-15)8-16/h2*9,11H,5-6H2,1-4H3/t2*9-,11-/m11/s1. The molecule has 6 heteroatoms. The van der Waals surface area contributed by atoms with Crippen molar-refractivity contribution in [1.82, 2.24) is 0 Å². The van der Waals surface area contributed by atoms with Crippen LogP contribution in [-0.4, -0.2) is 11.6 Å². The lowest BCUT2D eigenvalue weighted by atomic mass is 9.35. The molecule has 0 unspecified atom stereocenters. The molecule has 0 radical (unpaired) electrons. The van der Waals surface area contributed by atoms with Crippen LogP contribution < -0.4 is 0 Å². The Morgan fingerprint density at radius 2 is 0.853 bits per heavy atom. The number of carbonyl (C=O) groups is 2. The number of nitrogens with zero attached hydrogens (tertiary/aromatic N) is 4. The molecule has 0 aliphatic heterocycles. The van der Waals surface area contributed by atoms with Gasteiger partial charge in [-0.2, -0.15) is 21.0 Å². The van der Waals surface area contributed by atoms with Crippen LogP contribution >= 0.6 is 0 Å². The van der Waals surface area contributed by atoms with Crippen LogP contribution in [0.1, 0.15) is 81.1 Å². The van der Waals surface area contributed by atoms with Crippen molar-refractivity contribution in [1.29, 1.82) is 21.0 Å². The number of Topliss-reactive ketones (excluding diaryl/α,β-unsaturated/α-hetero) is 2. The molecule has 0 bridgehead atoms. The molecule has 0 spiro atoms. The van der Waals surface area contributed by atoms with Gasteiger partial charge in [-0.1, -0.05) is 55.4 Å². The van der Waals surface area contributed by atoms with Crippen LogP contribution in [0.2, 0.25) is 0 Å². The van der Waals surface area contributed by atoms with Crippen LogP contribution in [0.4, 0.5) is 0 Å². The van der Waals surface area contributed by atoms with E-state index in [4.69, 9.17) is 0 Å². The first-order valence-corrected chi connectivity index (χ1v) is 12.1. The van der Waals surface area contributed by atoms with Crippen LogP contribution in [-0.2, 0) is 9.59 Å². The molecule has 4 saturated carbocycles. The van der Waals surface area contributed by atoms with Crippen molar-refractivity contribution in [2.75, 3.05) is 0 Å². The molecule has 0 heterocycles. The number of ketones is 2. The van der Waals surface area contributed by atoms with Gasteiger partial charge in [0.15, 0.2) is 10.8 Å². The molecule has 0 aromatic rings. The second kappa shape index (κ2) is 7.40. The number of hydrogen-bond donors (Lipinski definition) is 0. The maximum absolute atomic E-state index is 12.2. The average molecular weight is 461 g/mol. The summed E-state index contributed by atoms with van der Waals surface area (Å²) in [4.78, 5) is 24.4. The van der Waals surface area contributed by atoms with Gasteiger partial charge in [-0.3, -0.25) is 9.59 Å². The fraction of sp³-hybridized carbons (Fsp3) is 0.786. The molecule has 6 nitrogen and oxygen atoms in total. The van der Waals surface area contributed by atoms with E-state index >= 15 is 0 Å². The highest BCUT2D eigenvalue weighted by atomic mass is 16.1. The van der Waals surface area contributed by atoms with E-state index in [2.05, 4.69) is 24.3 Å². The Kier molecular flexibility index (Phi) is 5.64. The molecule has 0 amide bonds. The van der Waals surface area contributed by atoms with E-state index in [1.165, 1.54) is 0 Å². The summed E-state index contributed by atoms with van der Waals surface area (Å²) in [7, 11) is 0. The van der Waals surface area contributed by atoms with Crippen LogP contribution in [0.15, 0.2) is 0 Å². The third-order valence-corrected chi connectivity index (χ3v) is 9.75. The maximum Gasteiger partial charge on any atom is 0.153 e. The molecule has 4 fully saturated rings. The molecular weight excluding hydrogens is 424 g/mol. The van der Waals surface area contributed by atoms with Crippen molar-refractivity contribution < 1.29 is 9.59 Å². The van der Waals surface area contributed by atoms with Crippen molar-refractivity contribution in [3.8, 4) is 24.3 Å². The molecule has 0 saturated heterocycles. The summed E-state index contributed by atoms with van der Waals surface area (Å²) in [5.41, 5.74) is -3.12. The van der Waals surface area contributed by atoms with Gasteiger partial charge in [0.2, 0.25) is 0 Å². The molecule has 0 aromatic heterocycles. The van der Waals surface area contributed by atoms with E-state index in [1.807, 2.05) is 55.4 Å². The fourth-order valence-electron chi connectivity index (χ4n) is 8.01. The molecule has 34 heavy (non-hydrogen) atoms. The molecule has 4 atom stereocenters. The minimum Gasteiger partial charge on any atom is -0.299 e. The zero-order valence-electron chi connectivity index (χ0n) is 21.7. The first-order chi connectivity index (χ1) is 15.4. The number of nitriles is 4. The summed E-state index contributed by atoms with van der Waals surface area (Å²) in [5.74, 6) is 0.104. The number of carbonyl (C=O) groups excluding carboxylic acids is 2. The summed E-state index contributed by atoms with van der Waals surface area (Å²) in [5, 5.41) is 37.5. The van der Waals surface area contributed by atoms with Crippen molar-refractivity contribution in [3.63, 3.8) is 0 Å². The van der Waals surface area contributed by atoms with Gasteiger partial charge in [-0.15, -0.1) is 0 Å². The monoisotopic (exact) mass is 460 g/mol. The number of hydrogen-bond acceptors (Lipinski definition) is 6. The molecule has 4 aliphatic rings. The molecule has 4 rings (SSSR count). The summed E-state index contributed by atoms with van der Waals surface area (Å²) in [6.07, 6.45) is 2.75. The first-order valence-electron chi connectivity index (χ1n) is 12.1. The summed E-state index contributed by atoms with van der Waals surface area (Å²) < 4.78 is 0. The molecule has 4 aliphatic carbocycles. The Bertz CT molecular complexity index is 983.